The quantitative estimate of drug-likeness (QED) is 0.850. The van der Waals surface area contributed by atoms with Gasteiger partial charge in [0.05, 0.1) is 4.90 Å². The van der Waals surface area contributed by atoms with E-state index >= 15 is 0 Å². The van der Waals surface area contributed by atoms with Crippen molar-refractivity contribution in [3.05, 3.63) is 29.2 Å². The molecule has 0 aromatic heterocycles. The van der Waals surface area contributed by atoms with Crippen LogP contribution in [0.25, 0.3) is 5.57 Å². The molecule has 0 amide bonds. The Labute approximate surface area is 97.9 Å². The highest BCUT2D eigenvalue weighted by molar-refractivity contribution is 7.95. The Morgan fingerprint density at radius 3 is 2.65 bits per heavy atom. The number of carboxylic acids is 1. The second-order valence-electron chi connectivity index (χ2n) is 3.76. The molecule has 2 N–H and O–H groups in total. The van der Waals surface area contributed by atoms with Crippen LogP contribution in [0.5, 0.6) is 5.75 Å². The number of hydrogen-bond donors (Lipinski definition) is 2. The summed E-state index contributed by atoms with van der Waals surface area (Å²) >= 11 is 0. The molecule has 17 heavy (non-hydrogen) atoms. The van der Waals surface area contributed by atoms with Crippen molar-refractivity contribution in [2.24, 2.45) is 0 Å². The Kier molecular flexibility index (Phi) is 2.66. The normalized spacial score (nSPS) is 16.4. The number of phenols is 1. The summed E-state index contributed by atoms with van der Waals surface area (Å²) in [7, 11) is -3.54. The number of sulfone groups is 1. The molecule has 0 spiro atoms. The summed E-state index contributed by atoms with van der Waals surface area (Å²) in [5.74, 6) is -1.10. The first-order valence-corrected chi connectivity index (χ1v) is 6.45. The Morgan fingerprint density at radius 2 is 2.00 bits per heavy atom. The van der Waals surface area contributed by atoms with Gasteiger partial charge in [0.25, 0.3) is 0 Å². The third kappa shape index (κ3) is 2.16. The van der Waals surface area contributed by atoms with Gasteiger partial charge in [-0.15, -0.1) is 0 Å². The van der Waals surface area contributed by atoms with E-state index in [0.717, 1.165) is 5.41 Å². The van der Waals surface area contributed by atoms with Gasteiger partial charge in [0.2, 0.25) is 9.84 Å². The van der Waals surface area contributed by atoms with E-state index < -0.39 is 15.8 Å². The molecule has 0 unspecified atom stereocenters. The fraction of sp³-hybridized carbons (Fsp3) is 0.182. The molecule has 0 saturated heterocycles. The van der Waals surface area contributed by atoms with Crippen LogP contribution in [-0.2, 0) is 14.6 Å². The van der Waals surface area contributed by atoms with E-state index in [4.69, 9.17) is 5.11 Å². The molecular weight excluding hydrogens is 244 g/mol. The van der Waals surface area contributed by atoms with E-state index in [1.54, 1.807) is 0 Å². The van der Waals surface area contributed by atoms with E-state index in [2.05, 4.69) is 0 Å². The lowest BCUT2D eigenvalue weighted by molar-refractivity contribution is -0.136. The average molecular weight is 254 g/mol. The summed E-state index contributed by atoms with van der Waals surface area (Å²) in [5.41, 5.74) is 0.950. The van der Waals surface area contributed by atoms with Crippen LogP contribution < -0.4 is 0 Å². The van der Waals surface area contributed by atoms with E-state index in [1.165, 1.54) is 18.2 Å². The van der Waals surface area contributed by atoms with Gasteiger partial charge in [0.15, 0.2) is 0 Å². The van der Waals surface area contributed by atoms with Crippen LogP contribution in [0.2, 0.25) is 0 Å². The third-order valence-electron chi connectivity index (χ3n) is 2.52. The first-order valence-electron chi connectivity index (χ1n) is 4.91. The SMILES string of the molecule is O=C(O)CCC1=CS(=O)(=O)c2cc(O)ccc21. The maximum atomic E-state index is 11.7. The molecule has 1 aliphatic rings. The molecule has 6 heteroatoms. The van der Waals surface area contributed by atoms with Crippen molar-refractivity contribution in [1.29, 1.82) is 0 Å². The van der Waals surface area contributed by atoms with Crippen LogP contribution >= 0.6 is 0 Å². The van der Waals surface area contributed by atoms with Gasteiger partial charge in [-0.25, -0.2) is 8.42 Å². The van der Waals surface area contributed by atoms with Crippen molar-refractivity contribution in [2.45, 2.75) is 17.7 Å². The number of fused-ring (bicyclic) bond motifs is 1. The highest BCUT2D eigenvalue weighted by Crippen LogP contribution is 2.37. The molecule has 0 radical (unpaired) electrons. The summed E-state index contributed by atoms with van der Waals surface area (Å²) in [6.45, 7) is 0. The Balaban J connectivity index is 2.43. The third-order valence-corrected chi connectivity index (χ3v) is 4.07. The van der Waals surface area contributed by atoms with Crippen LogP contribution in [0.15, 0.2) is 28.5 Å². The van der Waals surface area contributed by atoms with Crippen molar-refractivity contribution in [3.8, 4) is 5.75 Å². The molecular formula is C11H10O5S. The highest BCUT2D eigenvalue weighted by atomic mass is 32.2. The fourth-order valence-corrected chi connectivity index (χ4v) is 3.30. The lowest BCUT2D eigenvalue weighted by atomic mass is 10.0. The summed E-state index contributed by atoms with van der Waals surface area (Å²) < 4.78 is 23.5. The number of phenolic OH excluding ortho intramolecular Hbond substituents is 1. The second-order valence-corrected chi connectivity index (χ2v) is 5.53. The van der Waals surface area contributed by atoms with Gasteiger partial charge in [-0.05, 0) is 35.8 Å². The Bertz CT molecular complexity index is 613. The largest absolute Gasteiger partial charge is 0.508 e. The van der Waals surface area contributed by atoms with Gasteiger partial charge in [-0.3, -0.25) is 4.79 Å². The smallest absolute Gasteiger partial charge is 0.303 e. The summed E-state index contributed by atoms with van der Waals surface area (Å²) in [4.78, 5) is 10.5. The van der Waals surface area contributed by atoms with Crippen molar-refractivity contribution in [1.82, 2.24) is 0 Å². The molecule has 90 valence electrons. The van der Waals surface area contributed by atoms with E-state index in [9.17, 15) is 18.3 Å². The minimum Gasteiger partial charge on any atom is -0.508 e. The number of benzene rings is 1. The maximum absolute atomic E-state index is 11.7. The zero-order chi connectivity index (χ0) is 12.6. The summed E-state index contributed by atoms with van der Waals surface area (Å²) in [5, 5.41) is 18.9. The van der Waals surface area contributed by atoms with Crippen LogP contribution in [0.4, 0.5) is 0 Å². The van der Waals surface area contributed by atoms with Crippen LogP contribution in [0.3, 0.4) is 0 Å². The van der Waals surface area contributed by atoms with E-state index in [-0.39, 0.29) is 23.5 Å². The molecule has 0 fully saturated rings. The molecule has 0 aliphatic carbocycles. The van der Waals surface area contributed by atoms with Crippen molar-refractivity contribution in [2.75, 3.05) is 0 Å². The van der Waals surface area contributed by atoms with E-state index in [0.29, 0.717) is 11.1 Å². The van der Waals surface area contributed by atoms with Crippen molar-refractivity contribution in [3.63, 3.8) is 0 Å². The monoisotopic (exact) mass is 254 g/mol. The zero-order valence-electron chi connectivity index (χ0n) is 8.75. The molecule has 0 saturated carbocycles. The molecule has 2 rings (SSSR count). The van der Waals surface area contributed by atoms with Crippen molar-refractivity contribution >= 4 is 21.4 Å². The molecule has 1 aromatic carbocycles. The second kappa shape index (κ2) is 3.89. The maximum Gasteiger partial charge on any atom is 0.303 e. The number of hydrogen-bond acceptors (Lipinski definition) is 4. The van der Waals surface area contributed by atoms with Gasteiger partial charge in [0.1, 0.15) is 5.75 Å². The predicted molar refractivity (Wildman–Crippen MR) is 60.1 cm³/mol. The summed E-state index contributed by atoms with van der Waals surface area (Å²) in [6.07, 6.45) is 0.0357. The standard InChI is InChI=1S/C11H10O5S/c12-8-2-3-9-7(1-4-11(13)14)6-17(15,16)10(9)5-8/h2-3,5-6,12H,1,4H2,(H,13,14). The van der Waals surface area contributed by atoms with Crippen LogP contribution in [0, 0.1) is 0 Å². The molecule has 0 bridgehead atoms. The average Bonchev–Trinajstić information content (AvgIpc) is 2.48. The lowest BCUT2D eigenvalue weighted by Crippen LogP contribution is -1.95. The molecule has 5 nitrogen and oxygen atoms in total. The number of allylic oxidation sites excluding steroid dienone is 1. The van der Waals surface area contributed by atoms with Crippen LogP contribution in [-0.4, -0.2) is 24.6 Å². The molecule has 1 aliphatic heterocycles. The minimum absolute atomic E-state index is 0.0397. The van der Waals surface area contributed by atoms with Gasteiger partial charge in [-0.1, -0.05) is 0 Å². The van der Waals surface area contributed by atoms with E-state index in [1.807, 2.05) is 0 Å². The fourth-order valence-electron chi connectivity index (χ4n) is 1.76. The number of carboxylic acid groups (broad SMARTS) is 1. The lowest BCUT2D eigenvalue weighted by Gasteiger charge is -2.03. The number of aromatic hydroxyl groups is 1. The first kappa shape index (κ1) is 11.7. The van der Waals surface area contributed by atoms with Crippen LogP contribution in [0.1, 0.15) is 18.4 Å². The van der Waals surface area contributed by atoms with Gasteiger partial charge >= 0.3 is 5.97 Å². The highest BCUT2D eigenvalue weighted by Gasteiger charge is 2.27. The number of carbonyl (C=O) groups is 1. The zero-order valence-corrected chi connectivity index (χ0v) is 9.57. The number of aliphatic carboxylic acids is 1. The number of rotatable bonds is 3. The first-order chi connectivity index (χ1) is 7.90. The molecule has 1 aromatic rings. The van der Waals surface area contributed by atoms with Gasteiger partial charge < -0.3 is 10.2 Å². The molecule has 0 atom stereocenters. The minimum atomic E-state index is -3.54. The van der Waals surface area contributed by atoms with Gasteiger partial charge in [-0.2, -0.15) is 0 Å². The summed E-state index contributed by atoms with van der Waals surface area (Å²) in [6, 6.07) is 4.05. The van der Waals surface area contributed by atoms with Gasteiger partial charge in [0, 0.05) is 11.8 Å². The topological polar surface area (TPSA) is 91.7 Å². The Morgan fingerprint density at radius 1 is 1.29 bits per heavy atom. The Hall–Kier alpha value is -1.82. The van der Waals surface area contributed by atoms with Crippen molar-refractivity contribution < 1.29 is 23.4 Å². The molecule has 1 heterocycles. The predicted octanol–water partition coefficient (Wildman–Crippen LogP) is 1.39.